The topological polar surface area (TPSA) is 79.5 Å². The quantitative estimate of drug-likeness (QED) is 0.874. The zero-order valence-corrected chi connectivity index (χ0v) is 10.4. The minimum absolute atomic E-state index is 0.0143. The molecule has 0 unspecified atom stereocenters. The van der Waals surface area contributed by atoms with Crippen LogP contribution in [0.5, 0.6) is 0 Å². The molecule has 0 saturated carbocycles. The standard InChI is InChI=1S/C14H12FNO4/c15-10-4-1-3-9(7-10)8-11(14(18)19)16-13(17)12-5-2-6-20-12/h1-7,11H,8H2,(H,16,17)(H,18,19)/t11-/m1/s1. The molecule has 0 aliphatic rings. The lowest BCUT2D eigenvalue weighted by Crippen LogP contribution is -2.42. The van der Waals surface area contributed by atoms with Crippen LogP contribution in [0.15, 0.2) is 47.1 Å². The van der Waals surface area contributed by atoms with E-state index in [1.54, 1.807) is 6.07 Å². The van der Waals surface area contributed by atoms with Crippen LogP contribution in [0.4, 0.5) is 4.39 Å². The predicted molar refractivity (Wildman–Crippen MR) is 67.7 cm³/mol. The van der Waals surface area contributed by atoms with Crippen molar-refractivity contribution in [1.29, 1.82) is 0 Å². The van der Waals surface area contributed by atoms with Gasteiger partial charge >= 0.3 is 5.97 Å². The van der Waals surface area contributed by atoms with Crippen molar-refractivity contribution in [3.05, 3.63) is 59.8 Å². The SMILES string of the molecule is O=C(N[C@H](Cc1cccc(F)c1)C(=O)O)c1ccco1. The largest absolute Gasteiger partial charge is 0.480 e. The molecule has 1 aromatic carbocycles. The number of hydrogen-bond acceptors (Lipinski definition) is 3. The fourth-order valence-electron chi connectivity index (χ4n) is 1.74. The van der Waals surface area contributed by atoms with Gasteiger partial charge in [-0.2, -0.15) is 0 Å². The van der Waals surface area contributed by atoms with E-state index in [2.05, 4.69) is 5.32 Å². The van der Waals surface area contributed by atoms with Crippen LogP contribution >= 0.6 is 0 Å². The molecular formula is C14H12FNO4. The minimum atomic E-state index is -1.20. The van der Waals surface area contributed by atoms with E-state index >= 15 is 0 Å². The molecule has 2 rings (SSSR count). The van der Waals surface area contributed by atoms with Crippen LogP contribution in [-0.4, -0.2) is 23.0 Å². The summed E-state index contributed by atoms with van der Waals surface area (Å²) in [6, 6.07) is 7.37. The summed E-state index contributed by atoms with van der Waals surface area (Å²) in [5.74, 6) is -2.26. The number of furan rings is 1. The molecule has 0 aliphatic heterocycles. The maximum Gasteiger partial charge on any atom is 0.326 e. The Balaban J connectivity index is 2.08. The zero-order chi connectivity index (χ0) is 14.5. The summed E-state index contributed by atoms with van der Waals surface area (Å²) >= 11 is 0. The van der Waals surface area contributed by atoms with Crippen LogP contribution in [0, 0.1) is 5.82 Å². The van der Waals surface area contributed by atoms with Crippen LogP contribution in [0.3, 0.4) is 0 Å². The second-order valence-electron chi connectivity index (χ2n) is 4.18. The lowest BCUT2D eigenvalue weighted by atomic mass is 10.1. The van der Waals surface area contributed by atoms with E-state index in [0.29, 0.717) is 5.56 Å². The van der Waals surface area contributed by atoms with Crippen LogP contribution in [0.25, 0.3) is 0 Å². The molecule has 0 aliphatic carbocycles. The van der Waals surface area contributed by atoms with E-state index in [0.717, 1.165) is 0 Å². The van der Waals surface area contributed by atoms with E-state index in [4.69, 9.17) is 9.52 Å². The summed E-state index contributed by atoms with van der Waals surface area (Å²) < 4.78 is 17.9. The van der Waals surface area contributed by atoms with Crippen LogP contribution in [0.1, 0.15) is 16.1 Å². The monoisotopic (exact) mass is 277 g/mol. The summed E-state index contributed by atoms with van der Waals surface area (Å²) in [6.45, 7) is 0. The van der Waals surface area contributed by atoms with E-state index in [1.807, 2.05) is 0 Å². The lowest BCUT2D eigenvalue weighted by molar-refractivity contribution is -0.139. The van der Waals surface area contributed by atoms with Gasteiger partial charge in [0.05, 0.1) is 6.26 Å². The van der Waals surface area contributed by atoms with E-state index < -0.39 is 23.7 Å². The molecule has 104 valence electrons. The molecule has 6 heteroatoms. The summed E-state index contributed by atoms with van der Waals surface area (Å²) in [7, 11) is 0. The third-order valence-corrected chi connectivity index (χ3v) is 2.68. The van der Waals surface area contributed by atoms with E-state index in [-0.39, 0.29) is 12.2 Å². The molecule has 0 bridgehead atoms. The first-order valence-corrected chi connectivity index (χ1v) is 5.88. The number of carboxylic acid groups (broad SMARTS) is 1. The third-order valence-electron chi connectivity index (χ3n) is 2.68. The second-order valence-corrected chi connectivity index (χ2v) is 4.18. The smallest absolute Gasteiger partial charge is 0.326 e. The summed E-state index contributed by atoms with van der Waals surface area (Å²) in [5.41, 5.74) is 0.483. The molecule has 2 aromatic rings. The zero-order valence-electron chi connectivity index (χ0n) is 10.4. The number of carboxylic acids is 1. The molecule has 0 saturated heterocycles. The molecule has 0 fully saturated rings. The number of halogens is 1. The number of aliphatic carboxylic acids is 1. The molecular weight excluding hydrogens is 265 g/mol. The Bertz CT molecular complexity index is 609. The highest BCUT2D eigenvalue weighted by molar-refractivity contribution is 5.94. The second kappa shape index (κ2) is 6.01. The number of carbonyl (C=O) groups is 2. The molecule has 5 nitrogen and oxygen atoms in total. The minimum Gasteiger partial charge on any atom is -0.480 e. The van der Waals surface area contributed by atoms with Gasteiger partial charge in [0.25, 0.3) is 5.91 Å². The average molecular weight is 277 g/mol. The first-order chi connectivity index (χ1) is 9.56. The van der Waals surface area contributed by atoms with E-state index in [9.17, 15) is 14.0 Å². The highest BCUT2D eigenvalue weighted by atomic mass is 19.1. The van der Waals surface area contributed by atoms with Crippen molar-refractivity contribution in [2.45, 2.75) is 12.5 Å². The van der Waals surface area contributed by atoms with Gasteiger partial charge in [-0.25, -0.2) is 9.18 Å². The van der Waals surface area contributed by atoms with Gasteiger partial charge < -0.3 is 14.8 Å². The lowest BCUT2D eigenvalue weighted by Gasteiger charge is -2.13. The first kappa shape index (κ1) is 13.8. The van der Waals surface area contributed by atoms with Crippen molar-refractivity contribution in [3.63, 3.8) is 0 Å². The number of rotatable bonds is 5. The maximum absolute atomic E-state index is 13.1. The van der Waals surface area contributed by atoms with E-state index in [1.165, 1.54) is 36.6 Å². The van der Waals surface area contributed by atoms with Crippen molar-refractivity contribution < 1.29 is 23.5 Å². The molecule has 1 heterocycles. The Hall–Kier alpha value is -2.63. The highest BCUT2D eigenvalue weighted by Gasteiger charge is 2.22. The third kappa shape index (κ3) is 3.44. The van der Waals surface area contributed by atoms with Gasteiger partial charge in [-0.1, -0.05) is 12.1 Å². The fourth-order valence-corrected chi connectivity index (χ4v) is 1.74. The number of nitrogens with one attached hydrogen (secondary N) is 1. The summed E-state index contributed by atoms with van der Waals surface area (Å²) in [6.07, 6.45) is 1.30. The van der Waals surface area contributed by atoms with Crippen LogP contribution in [0.2, 0.25) is 0 Å². The normalized spacial score (nSPS) is 11.8. The number of benzene rings is 1. The Morgan fingerprint density at radius 3 is 2.70 bits per heavy atom. The van der Waals surface area contributed by atoms with Gasteiger partial charge in [-0.15, -0.1) is 0 Å². The van der Waals surface area contributed by atoms with Crippen LogP contribution in [-0.2, 0) is 11.2 Å². The van der Waals surface area contributed by atoms with Gasteiger partial charge in [-0.05, 0) is 29.8 Å². The predicted octanol–water partition coefficient (Wildman–Crippen LogP) is 1.84. The Morgan fingerprint density at radius 1 is 1.30 bits per heavy atom. The van der Waals surface area contributed by atoms with Crippen molar-refractivity contribution in [1.82, 2.24) is 5.32 Å². The molecule has 2 N–H and O–H groups in total. The maximum atomic E-state index is 13.1. The Morgan fingerprint density at radius 2 is 2.10 bits per heavy atom. The van der Waals surface area contributed by atoms with Gasteiger partial charge in [-0.3, -0.25) is 4.79 Å². The summed E-state index contributed by atoms with van der Waals surface area (Å²) in [4.78, 5) is 22.9. The fraction of sp³-hybridized carbons (Fsp3) is 0.143. The van der Waals surface area contributed by atoms with Crippen molar-refractivity contribution in [3.8, 4) is 0 Å². The molecule has 0 spiro atoms. The van der Waals surface area contributed by atoms with Gasteiger partial charge in [0.2, 0.25) is 0 Å². The number of amides is 1. The highest BCUT2D eigenvalue weighted by Crippen LogP contribution is 2.08. The van der Waals surface area contributed by atoms with Crippen molar-refractivity contribution >= 4 is 11.9 Å². The number of hydrogen-bond donors (Lipinski definition) is 2. The first-order valence-electron chi connectivity index (χ1n) is 5.88. The Labute approximate surface area is 114 Å². The molecule has 0 radical (unpaired) electrons. The number of carbonyl (C=O) groups excluding carboxylic acids is 1. The van der Waals surface area contributed by atoms with Gasteiger partial charge in [0, 0.05) is 6.42 Å². The van der Waals surface area contributed by atoms with Gasteiger partial charge in [0.1, 0.15) is 11.9 Å². The van der Waals surface area contributed by atoms with Crippen molar-refractivity contribution in [2.24, 2.45) is 0 Å². The average Bonchev–Trinajstić information content (AvgIpc) is 2.91. The van der Waals surface area contributed by atoms with Crippen LogP contribution < -0.4 is 5.32 Å². The molecule has 1 atom stereocenters. The van der Waals surface area contributed by atoms with Crippen molar-refractivity contribution in [2.75, 3.05) is 0 Å². The summed E-state index contributed by atoms with van der Waals surface area (Å²) in [5, 5.41) is 11.4. The Kier molecular flexibility index (Phi) is 4.14. The molecule has 20 heavy (non-hydrogen) atoms. The molecule has 1 aromatic heterocycles. The van der Waals surface area contributed by atoms with Gasteiger partial charge in [0.15, 0.2) is 5.76 Å². The molecule has 1 amide bonds.